The molecule has 1 aliphatic heterocycles. The van der Waals surface area contributed by atoms with E-state index in [2.05, 4.69) is 0 Å². The van der Waals surface area contributed by atoms with Crippen LogP contribution in [-0.4, -0.2) is 42.3 Å². The molecule has 0 saturated carbocycles. The molecule has 1 saturated heterocycles. The fourth-order valence-electron chi connectivity index (χ4n) is 2.84. The third kappa shape index (κ3) is 4.14. The largest absolute Gasteiger partial charge is 0.452 e. The molecule has 2 aromatic rings. The zero-order chi connectivity index (χ0) is 17.6. The molecule has 1 amide bonds. The lowest BCUT2D eigenvalue weighted by Gasteiger charge is -2.26. The van der Waals surface area contributed by atoms with Gasteiger partial charge in [-0.05, 0) is 36.8 Å². The number of hydrogen-bond acceptors (Lipinski definition) is 5. The molecule has 130 valence electrons. The maximum atomic E-state index is 12.5. The van der Waals surface area contributed by atoms with Gasteiger partial charge in [-0.15, -0.1) is 11.3 Å². The highest BCUT2D eigenvalue weighted by atomic mass is 32.1. The van der Waals surface area contributed by atoms with Gasteiger partial charge in [-0.25, -0.2) is 4.79 Å². The summed E-state index contributed by atoms with van der Waals surface area (Å²) in [5.74, 6) is -1.05. The SMILES string of the molecule is O=C(OCC(=O)N1CCCCC1)c1ccccc1C(=O)c1cccs1. The van der Waals surface area contributed by atoms with E-state index in [1.807, 2.05) is 5.38 Å². The molecule has 3 rings (SSSR count). The minimum atomic E-state index is -0.647. The highest BCUT2D eigenvalue weighted by molar-refractivity contribution is 7.12. The third-order valence-corrected chi connectivity index (χ3v) is 5.04. The van der Waals surface area contributed by atoms with Crippen molar-refractivity contribution in [1.82, 2.24) is 4.90 Å². The Labute approximate surface area is 150 Å². The maximum absolute atomic E-state index is 12.5. The van der Waals surface area contributed by atoms with Crippen LogP contribution in [0, 0.1) is 0 Å². The number of ketones is 1. The fraction of sp³-hybridized carbons (Fsp3) is 0.316. The number of hydrogen-bond donors (Lipinski definition) is 0. The number of carbonyl (C=O) groups excluding carboxylic acids is 3. The first-order chi connectivity index (χ1) is 12.2. The number of likely N-dealkylation sites (tertiary alicyclic amines) is 1. The summed E-state index contributed by atoms with van der Waals surface area (Å²) in [6.45, 7) is 1.13. The van der Waals surface area contributed by atoms with Gasteiger partial charge in [0.2, 0.25) is 5.78 Å². The van der Waals surface area contributed by atoms with Crippen LogP contribution in [0.15, 0.2) is 41.8 Å². The molecular weight excluding hydrogens is 338 g/mol. The molecular formula is C19H19NO4S. The lowest BCUT2D eigenvalue weighted by atomic mass is 10.0. The van der Waals surface area contributed by atoms with Crippen LogP contribution in [0.3, 0.4) is 0 Å². The van der Waals surface area contributed by atoms with Crippen molar-refractivity contribution in [2.45, 2.75) is 19.3 Å². The van der Waals surface area contributed by atoms with Crippen molar-refractivity contribution in [2.75, 3.05) is 19.7 Å². The van der Waals surface area contributed by atoms with Gasteiger partial charge >= 0.3 is 5.97 Å². The Hall–Kier alpha value is -2.47. The molecule has 25 heavy (non-hydrogen) atoms. The number of carbonyl (C=O) groups is 3. The van der Waals surface area contributed by atoms with E-state index in [9.17, 15) is 14.4 Å². The van der Waals surface area contributed by atoms with Gasteiger partial charge in [0.1, 0.15) is 0 Å². The highest BCUT2D eigenvalue weighted by Gasteiger charge is 2.22. The quantitative estimate of drug-likeness (QED) is 0.609. The van der Waals surface area contributed by atoms with E-state index in [1.165, 1.54) is 11.3 Å². The maximum Gasteiger partial charge on any atom is 0.339 e. The van der Waals surface area contributed by atoms with Crippen molar-refractivity contribution < 1.29 is 19.1 Å². The summed E-state index contributed by atoms with van der Waals surface area (Å²) in [4.78, 5) is 39.3. The molecule has 0 unspecified atom stereocenters. The second-order valence-corrected chi connectivity index (χ2v) is 6.82. The first-order valence-corrected chi connectivity index (χ1v) is 9.17. The van der Waals surface area contributed by atoms with Crippen LogP contribution in [0.5, 0.6) is 0 Å². The average Bonchev–Trinajstić information content (AvgIpc) is 3.20. The summed E-state index contributed by atoms with van der Waals surface area (Å²) in [6, 6.07) is 10.0. The normalized spacial score (nSPS) is 14.2. The summed E-state index contributed by atoms with van der Waals surface area (Å²) in [5.41, 5.74) is 0.479. The number of benzene rings is 1. The van der Waals surface area contributed by atoms with Gasteiger partial charge in [-0.3, -0.25) is 9.59 Å². The van der Waals surface area contributed by atoms with Crippen LogP contribution in [-0.2, 0) is 9.53 Å². The number of rotatable bonds is 5. The monoisotopic (exact) mass is 357 g/mol. The Morgan fingerprint density at radius 1 is 0.960 bits per heavy atom. The van der Waals surface area contributed by atoms with Crippen LogP contribution < -0.4 is 0 Å². The number of thiophene rings is 1. The molecule has 0 N–H and O–H groups in total. The Kier molecular flexibility index (Phi) is 5.60. The van der Waals surface area contributed by atoms with Crippen molar-refractivity contribution in [3.63, 3.8) is 0 Å². The standard InChI is InChI=1S/C19H19NO4S/c21-17(20-10-4-1-5-11-20)13-24-19(23)15-8-3-2-7-14(15)18(22)16-9-6-12-25-16/h2-3,6-9,12H,1,4-5,10-11,13H2. The molecule has 0 spiro atoms. The van der Waals surface area contributed by atoms with Crippen LogP contribution >= 0.6 is 11.3 Å². The van der Waals surface area contributed by atoms with Crippen molar-refractivity contribution in [1.29, 1.82) is 0 Å². The molecule has 2 heterocycles. The lowest BCUT2D eigenvalue weighted by molar-refractivity contribution is -0.135. The number of nitrogens with zero attached hydrogens (tertiary/aromatic N) is 1. The van der Waals surface area contributed by atoms with Gasteiger partial charge in [0.25, 0.3) is 5.91 Å². The molecule has 1 aromatic carbocycles. The molecule has 0 aliphatic carbocycles. The number of piperidine rings is 1. The molecule has 5 nitrogen and oxygen atoms in total. The molecule has 0 radical (unpaired) electrons. The van der Waals surface area contributed by atoms with Crippen LogP contribution in [0.2, 0.25) is 0 Å². The molecule has 1 aromatic heterocycles. The molecule has 1 aliphatic rings. The first-order valence-electron chi connectivity index (χ1n) is 8.29. The van der Waals surface area contributed by atoms with Crippen LogP contribution in [0.4, 0.5) is 0 Å². The minimum Gasteiger partial charge on any atom is -0.452 e. The van der Waals surface area contributed by atoms with Crippen LogP contribution in [0.25, 0.3) is 0 Å². The van der Waals surface area contributed by atoms with Gasteiger partial charge < -0.3 is 9.64 Å². The zero-order valence-electron chi connectivity index (χ0n) is 13.8. The molecule has 0 atom stereocenters. The van der Waals surface area contributed by atoms with E-state index in [4.69, 9.17) is 4.74 Å². The zero-order valence-corrected chi connectivity index (χ0v) is 14.6. The second-order valence-electron chi connectivity index (χ2n) is 5.87. The third-order valence-electron chi connectivity index (χ3n) is 4.17. The van der Waals surface area contributed by atoms with E-state index in [0.29, 0.717) is 23.5 Å². The first kappa shape index (κ1) is 17.4. The van der Waals surface area contributed by atoms with Crippen molar-refractivity contribution in [3.8, 4) is 0 Å². The highest BCUT2D eigenvalue weighted by Crippen LogP contribution is 2.19. The van der Waals surface area contributed by atoms with Crippen LogP contribution in [0.1, 0.15) is 44.9 Å². The van der Waals surface area contributed by atoms with Gasteiger partial charge in [0.05, 0.1) is 10.4 Å². The van der Waals surface area contributed by atoms with E-state index in [1.54, 1.807) is 41.3 Å². The van der Waals surface area contributed by atoms with Crippen molar-refractivity contribution in [2.24, 2.45) is 0 Å². The number of esters is 1. The van der Waals surface area contributed by atoms with Gasteiger partial charge in [0.15, 0.2) is 6.61 Å². The summed E-state index contributed by atoms with van der Waals surface area (Å²) in [6.07, 6.45) is 3.09. The fourth-order valence-corrected chi connectivity index (χ4v) is 3.52. The average molecular weight is 357 g/mol. The molecule has 0 bridgehead atoms. The summed E-state index contributed by atoms with van der Waals surface area (Å²) < 4.78 is 5.17. The summed E-state index contributed by atoms with van der Waals surface area (Å²) in [5, 5.41) is 1.81. The van der Waals surface area contributed by atoms with E-state index in [-0.39, 0.29) is 23.9 Å². The van der Waals surface area contributed by atoms with Crippen molar-refractivity contribution in [3.05, 3.63) is 57.8 Å². The Morgan fingerprint density at radius 2 is 1.68 bits per heavy atom. The lowest BCUT2D eigenvalue weighted by Crippen LogP contribution is -2.38. The number of amides is 1. The molecule has 1 fully saturated rings. The topological polar surface area (TPSA) is 63.7 Å². The van der Waals surface area contributed by atoms with Gasteiger partial charge in [0, 0.05) is 18.7 Å². The van der Waals surface area contributed by atoms with Gasteiger partial charge in [-0.1, -0.05) is 24.3 Å². The number of ether oxygens (including phenoxy) is 1. The summed E-state index contributed by atoms with van der Waals surface area (Å²) in [7, 11) is 0. The van der Waals surface area contributed by atoms with E-state index >= 15 is 0 Å². The predicted octanol–water partition coefficient (Wildman–Crippen LogP) is 3.15. The smallest absolute Gasteiger partial charge is 0.339 e. The Morgan fingerprint density at radius 3 is 2.36 bits per heavy atom. The van der Waals surface area contributed by atoms with E-state index in [0.717, 1.165) is 19.3 Å². The Balaban J connectivity index is 1.68. The van der Waals surface area contributed by atoms with Crippen molar-refractivity contribution >= 4 is 29.0 Å². The Bertz CT molecular complexity index is 763. The minimum absolute atomic E-state index is 0.185. The van der Waals surface area contributed by atoms with E-state index < -0.39 is 5.97 Å². The predicted molar refractivity (Wildman–Crippen MR) is 94.9 cm³/mol. The van der Waals surface area contributed by atoms with Gasteiger partial charge in [-0.2, -0.15) is 0 Å². The summed E-state index contributed by atoms with van der Waals surface area (Å²) >= 11 is 1.32. The second kappa shape index (κ2) is 8.07. The molecule has 6 heteroatoms.